The van der Waals surface area contributed by atoms with Crippen molar-refractivity contribution in [2.24, 2.45) is 0 Å². The van der Waals surface area contributed by atoms with Crippen LogP contribution in [0.1, 0.15) is 74.6 Å². The fourth-order valence-electron chi connectivity index (χ4n) is 5.96. The van der Waals surface area contributed by atoms with Crippen LogP contribution < -0.4 is 4.74 Å². The van der Waals surface area contributed by atoms with Gasteiger partial charge in [-0.2, -0.15) is 0 Å². The lowest BCUT2D eigenvalue weighted by Gasteiger charge is -2.44. The predicted octanol–water partition coefficient (Wildman–Crippen LogP) is 4.46. The molecule has 0 radical (unpaired) electrons. The lowest BCUT2D eigenvalue weighted by atomic mass is 9.96. The highest BCUT2D eigenvalue weighted by Crippen LogP contribution is 2.43. The van der Waals surface area contributed by atoms with Crippen LogP contribution in [-0.4, -0.2) is 45.7 Å². The molecule has 2 saturated heterocycles. The van der Waals surface area contributed by atoms with Crippen LogP contribution >= 0.6 is 0 Å². The van der Waals surface area contributed by atoms with Crippen molar-refractivity contribution in [1.82, 2.24) is 15.0 Å². The number of aromatic nitrogens is 3. The first-order chi connectivity index (χ1) is 13.6. The molecule has 1 aromatic heterocycles. The topological polar surface area (TPSA) is 39.9 Å². The summed E-state index contributed by atoms with van der Waals surface area (Å²) < 4.78 is 9.52. The summed E-state index contributed by atoms with van der Waals surface area (Å²) in [6.07, 6.45) is 12.5. The number of benzene rings is 1. The molecule has 3 fully saturated rings. The SMILES string of the molecule is C[N+]1(C)[C@@H]2CC[C@H]1CC(n1cc(COc3ccccc3C3CCCC3)nn1)C2. The Bertz CT molecular complexity index is 808. The summed E-state index contributed by atoms with van der Waals surface area (Å²) in [5.74, 6) is 1.68. The summed E-state index contributed by atoms with van der Waals surface area (Å²) in [6.45, 7) is 0.505. The number of ether oxygens (including phenoxy) is 1. The first kappa shape index (κ1) is 18.2. The van der Waals surface area contributed by atoms with E-state index in [0.717, 1.165) is 23.5 Å². The monoisotopic (exact) mass is 381 g/mol. The van der Waals surface area contributed by atoms with Crippen molar-refractivity contribution in [3.63, 3.8) is 0 Å². The van der Waals surface area contributed by atoms with Crippen molar-refractivity contribution < 1.29 is 9.22 Å². The molecule has 3 aliphatic rings. The number of nitrogens with zero attached hydrogens (tertiary/aromatic N) is 4. The first-order valence-electron chi connectivity index (χ1n) is 11.1. The van der Waals surface area contributed by atoms with Crippen molar-refractivity contribution in [3.8, 4) is 5.75 Å². The number of piperidine rings is 1. The molecule has 0 N–H and O–H groups in total. The molecule has 1 saturated carbocycles. The van der Waals surface area contributed by atoms with Gasteiger partial charge in [-0.05, 0) is 30.4 Å². The zero-order chi connectivity index (χ0) is 19.1. The Morgan fingerprint density at radius 1 is 1.04 bits per heavy atom. The van der Waals surface area contributed by atoms with Gasteiger partial charge in [0.25, 0.3) is 0 Å². The third kappa shape index (κ3) is 3.24. The maximum atomic E-state index is 6.21. The normalized spacial score (nSPS) is 29.3. The molecule has 0 amide bonds. The molecule has 28 heavy (non-hydrogen) atoms. The lowest BCUT2D eigenvalue weighted by Crippen LogP contribution is -2.54. The van der Waals surface area contributed by atoms with Gasteiger partial charge >= 0.3 is 0 Å². The summed E-state index contributed by atoms with van der Waals surface area (Å²) in [6, 6.07) is 10.6. The molecule has 5 nitrogen and oxygen atoms in total. The highest BCUT2D eigenvalue weighted by Gasteiger charge is 2.49. The third-order valence-corrected chi connectivity index (χ3v) is 7.83. The number of para-hydroxylation sites is 1. The molecule has 3 atom stereocenters. The summed E-state index contributed by atoms with van der Waals surface area (Å²) in [4.78, 5) is 0. The number of hydrogen-bond donors (Lipinski definition) is 0. The summed E-state index contributed by atoms with van der Waals surface area (Å²) >= 11 is 0. The lowest BCUT2D eigenvalue weighted by molar-refractivity contribution is -0.931. The quantitative estimate of drug-likeness (QED) is 0.718. The maximum absolute atomic E-state index is 6.21. The molecule has 1 unspecified atom stereocenters. The number of fused-ring (bicyclic) bond motifs is 2. The van der Waals surface area contributed by atoms with Gasteiger partial charge in [-0.1, -0.05) is 36.3 Å². The summed E-state index contributed by atoms with van der Waals surface area (Å²) in [5, 5.41) is 8.90. The van der Waals surface area contributed by atoms with Crippen LogP contribution in [0, 0.1) is 0 Å². The number of hydrogen-bond acceptors (Lipinski definition) is 3. The summed E-state index contributed by atoms with van der Waals surface area (Å²) in [5.41, 5.74) is 2.31. The van der Waals surface area contributed by atoms with E-state index < -0.39 is 0 Å². The molecule has 2 aromatic rings. The van der Waals surface area contributed by atoms with Crippen molar-refractivity contribution in [2.75, 3.05) is 14.1 Å². The van der Waals surface area contributed by atoms with Gasteiger partial charge in [0.05, 0.1) is 38.4 Å². The van der Waals surface area contributed by atoms with E-state index in [0.29, 0.717) is 18.6 Å². The Hall–Kier alpha value is -1.88. The Kier molecular flexibility index (Phi) is 4.66. The van der Waals surface area contributed by atoms with E-state index in [1.54, 1.807) is 0 Å². The molecule has 2 aliphatic heterocycles. The molecule has 2 bridgehead atoms. The van der Waals surface area contributed by atoms with E-state index in [9.17, 15) is 0 Å². The van der Waals surface area contributed by atoms with E-state index in [4.69, 9.17) is 4.74 Å². The second kappa shape index (κ2) is 7.18. The largest absolute Gasteiger partial charge is 0.487 e. The van der Waals surface area contributed by atoms with Crippen LogP contribution in [0.3, 0.4) is 0 Å². The van der Waals surface area contributed by atoms with Crippen LogP contribution in [0.4, 0.5) is 0 Å². The van der Waals surface area contributed by atoms with E-state index in [2.05, 4.69) is 59.6 Å². The average molecular weight is 382 g/mol. The van der Waals surface area contributed by atoms with Crippen molar-refractivity contribution in [3.05, 3.63) is 41.7 Å². The predicted molar refractivity (Wildman–Crippen MR) is 109 cm³/mol. The Morgan fingerprint density at radius 3 is 2.50 bits per heavy atom. The van der Waals surface area contributed by atoms with Crippen molar-refractivity contribution in [2.45, 2.75) is 82.0 Å². The molecule has 3 heterocycles. The van der Waals surface area contributed by atoms with Gasteiger partial charge in [-0.3, -0.25) is 0 Å². The van der Waals surface area contributed by atoms with Crippen LogP contribution in [0.15, 0.2) is 30.5 Å². The highest BCUT2D eigenvalue weighted by molar-refractivity contribution is 5.36. The van der Waals surface area contributed by atoms with E-state index in [1.807, 2.05) is 0 Å². The number of rotatable bonds is 5. The van der Waals surface area contributed by atoms with Crippen molar-refractivity contribution >= 4 is 0 Å². The maximum Gasteiger partial charge on any atom is 0.134 e. The molecule has 1 aromatic carbocycles. The fourth-order valence-corrected chi connectivity index (χ4v) is 5.96. The molecular weight excluding hydrogens is 348 g/mol. The fraction of sp³-hybridized carbons (Fsp3) is 0.652. The second-order valence-electron chi connectivity index (χ2n) is 9.64. The van der Waals surface area contributed by atoms with Gasteiger partial charge in [-0.15, -0.1) is 5.10 Å². The molecule has 0 spiro atoms. The Labute approximate surface area is 168 Å². The van der Waals surface area contributed by atoms with Crippen LogP contribution in [0.5, 0.6) is 5.75 Å². The van der Waals surface area contributed by atoms with Gasteiger partial charge < -0.3 is 9.22 Å². The average Bonchev–Trinajstić information content (AvgIpc) is 3.40. The molecule has 5 heteroatoms. The zero-order valence-corrected chi connectivity index (χ0v) is 17.3. The van der Waals surface area contributed by atoms with Crippen LogP contribution in [-0.2, 0) is 6.61 Å². The van der Waals surface area contributed by atoms with Gasteiger partial charge in [-0.25, -0.2) is 4.68 Å². The van der Waals surface area contributed by atoms with Gasteiger partial charge in [0.15, 0.2) is 0 Å². The van der Waals surface area contributed by atoms with E-state index >= 15 is 0 Å². The molecule has 5 rings (SSSR count). The Balaban J connectivity index is 1.25. The minimum atomic E-state index is 0.496. The van der Waals surface area contributed by atoms with Crippen molar-refractivity contribution in [1.29, 1.82) is 0 Å². The van der Waals surface area contributed by atoms with Gasteiger partial charge in [0, 0.05) is 25.7 Å². The zero-order valence-electron chi connectivity index (χ0n) is 17.3. The third-order valence-electron chi connectivity index (χ3n) is 7.83. The van der Waals surface area contributed by atoms with Crippen LogP contribution in [0.25, 0.3) is 0 Å². The molecular formula is C23H33N4O+. The molecule has 150 valence electrons. The first-order valence-corrected chi connectivity index (χ1v) is 11.1. The minimum absolute atomic E-state index is 0.496. The smallest absolute Gasteiger partial charge is 0.134 e. The minimum Gasteiger partial charge on any atom is -0.487 e. The Morgan fingerprint density at radius 2 is 1.75 bits per heavy atom. The van der Waals surface area contributed by atoms with Crippen LogP contribution in [0.2, 0.25) is 0 Å². The van der Waals surface area contributed by atoms with E-state index in [-0.39, 0.29) is 0 Å². The molecule has 1 aliphatic carbocycles. The van der Waals surface area contributed by atoms with E-state index in [1.165, 1.54) is 61.4 Å². The number of quaternary nitrogens is 1. The van der Waals surface area contributed by atoms with Gasteiger partial charge in [0.2, 0.25) is 0 Å². The standard InChI is InChI=1S/C23H33N4O/c1-27(2)20-11-12-21(27)14-19(13-20)26-15-18(24-25-26)16-28-23-10-6-5-9-22(23)17-7-3-4-8-17/h5-6,9-10,15,17,19-21H,3-4,7-8,11-14,16H2,1-2H3/q+1/t19?,20-,21+. The summed E-state index contributed by atoms with van der Waals surface area (Å²) in [7, 11) is 4.81. The second-order valence-corrected chi connectivity index (χ2v) is 9.64. The van der Waals surface area contributed by atoms with Gasteiger partial charge in [0.1, 0.15) is 18.1 Å². The highest BCUT2D eigenvalue weighted by atomic mass is 16.5.